The van der Waals surface area contributed by atoms with E-state index in [-0.39, 0.29) is 22.4 Å². The summed E-state index contributed by atoms with van der Waals surface area (Å²) in [6.45, 7) is 0. The van der Waals surface area contributed by atoms with Crippen molar-refractivity contribution in [1.29, 1.82) is 0 Å². The minimum absolute atomic E-state index is 0.123. The average Bonchev–Trinajstić information content (AvgIpc) is 2.46. The van der Waals surface area contributed by atoms with Crippen LogP contribution in [0.1, 0.15) is 11.1 Å². The number of anilines is 2. The molecule has 0 radical (unpaired) electrons. The van der Waals surface area contributed by atoms with Crippen LogP contribution in [0.4, 0.5) is 11.4 Å². The van der Waals surface area contributed by atoms with Crippen LogP contribution in [0.3, 0.4) is 0 Å². The highest BCUT2D eigenvalue weighted by Crippen LogP contribution is 2.27. The van der Waals surface area contributed by atoms with E-state index >= 15 is 0 Å². The van der Waals surface area contributed by atoms with Crippen LogP contribution in [0, 0.1) is 5.21 Å². The Bertz CT molecular complexity index is 656. The van der Waals surface area contributed by atoms with Crippen molar-refractivity contribution < 1.29 is 20.7 Å². The SMILES string of the molecule is [O-]c1ccccc1C=Cc1ccc(N([O-])O)cc1N(O)O. The fraction of sp³-hybridized carbons (Fsp3) is 0. The van der Waals surface area contributed by atoms with Gasteiger partial charge in [-0.3, -0.25) is 15.6 Å². The molecule has 0 unspecified atom stereocenters. The summed E-state index contributed by atoms with van der Waals surface area (Å²) < 4.78 is 0. The monoisotopic (exact) mass is 288 g/mol. The van der Waals surface area contributed by atoms with Crippen molar-refractivity contribution in [2.45, 2.75) is 0 Å². The first-order valence-corrected chi connectivity index (χ1v) is 5.91. The van der Waals surface area contributed by atoms with Gasteiger partial charge in [-0.15, -0.1) is 11.0 Å². The number of benzene rings is 2. The second kappa shape index (κ2) is 6.25. The summed E-state index contributed by atoms with van der Waals surface area (Å²) in [7, 11) is 0. The molecule has 0 aliphatic carbocycles. The summed E-state index contributed by atoms with van der Waals surface area (Å²) in [6.07, 6.45) is 3.00. The molecule has 2 aromatic carbocycles. The van der Waals surface area contributed by atoms with Gasteiger partial charge >= 0.3 is 0 Å². The van der Waals surface area contributed by atoms with E-state index < -0.39 is 5.23 Å². The summed E-state index contributed by atoms with van der Waals surface area (Å²) in [6, 6.07) is 10.1. The number of nitrogens with zero attached hydrogens (tertiary/aromatic N) is 2. The zero-order valence-corrected chi connectivity index (χ0v) is 10.7. The summed E-state index contributed by atoms with van der Waals surface area (Å²) >= 11 is 0. The van der Waals surface area contributed by atoms with Crippen LogP contribution >= 0.6 is 0 Å². The Kier molecular flexibility index (Phi) is 4.41. The van der Waals surface area contributed by atoms with E-state index in [0.29, 0.717) is 11.1 Å². The van der Waals surface area contributed by atoms with Gasteiger partial charge in [-0.1, -0.05) is 42.5 Å². The van der Waals surface area contributed by atoms with Gasteiger partial charge < -0.3 is 15.5 Å². The van der Waals surface area contributed by atoms with E-state index in [1.165, 1.54) is 30.4 Å². The molecule has 0 saturated carbocycles. The first kappa shape index (κ1) is 14.8. The Morgan fingerprint density at radius 2 is 1.57 bits per heavy atom. The van der Waals surface area contributed by atoms with Crippen LogP contribution in [0.5, 0.6) is 5.75 Å². The van der Waals surface area contributed by atoms with Gasteiger partial charge in [0.05, 0.1) is 5.69 Å². The van der Waals surface area contributed by atoms with Crippen LogP contribution in [0.25, 0.3) is 12.2 Å². The highest BCUT2D eigenvalue weighted by molar-refractivity contribution is 5.79. The Balaban J connectivity index is 2.38. The average molecular weight is 288 g/mol. The van der Waals surface area contributed by atoms with Crippen LogP contribution in [0.2, 0.25) is 0 Å². The van der Waals surface area contributed by atoms with Gasteiger partial charge in [0.2, 0.25) is 0 Å². The molecule has 7 nitrogen and oxygen atoms in total. The summed E-state index contributed by atoms with van der Waals surface area (Å²) in [5.41, 5.74) is 0.484. The number of para-hydroxylation sites is 1. The quantitative estimate of drug-likeness (QED) is 0.583. The molecule has 0 aliphatic rings. The van der Waals surface area contributed by atoms with Crippen molar-refractivity contribution in [2.24, 2.45) is 0 Å². The lowest BCUT2D eigenvalue weighted by atomic mass is 10.1. The molecule has 0 heterocycles. The Hall–Kier alpha value is -2.58. The maximum absolute atomic E-state index is 11.6. The molecule has 0 aliphatic heterocycles. The maximum Gasteiger partial charge on any atom is 0.104 e. The standard InChI is InChI=1S/C14H13N2O5/c17-14-4-2-1-3-11(14)6-5-10-7-8-12(15(18)19)9-13(10)16(20)21/h1-9,17-18,20-21H/q-1/p-1. The molecule has 0 atom stereocenters. The third-order valence-electron chi connectivity index (χ3n) is 2.81. The normalized spacial score (nSPS) is 10.9. The van der Waals surface area contributed by atoms with Gasteiger partial charge in [0, 0.05) is 5.56 Å². The Labute approximate surface area is 120 Å². The molecule has 0 aromatic heterocycles. The van der Waals surface area contributed by atoms with Gasteiger partial charge in [-0.25, -0.2) is 0 Å². The largest absolute Gasteiger partial charge is 0.872 e. The lowest BCUT2D eigenvalue weighted by Crippen LogP contribution is -2.14. The molecule has 21 heavy (non-hydrogen) atoms. The lowest BCUT2D eigenvalue weighted by molar-refractivity contribution is -0.268. The predicted molar refractivity (Wildman–Crippen MR) is 74.9 cm³/mol. The summed E-state index contributed by atoms with van der Waals surface area (Å²) in [5, 5.41) is 48.9. The zero-order valence-electron chi connectivity index (χ0n) is 10.7. The number of rotatable bonds is 4. The molecular formula is C14H12N2O5-2. The third kappa shape index (κ3) is 3.50. The third-order valence-corrected chi connectivity index (χ3v) is 2.81. The molecule has 110 valence electrons. The molecular weight excluding hydrogens is 276 g/mol. The van der Waals surface area contributed by atoms with Crippen molar-refractivity contribution in [1.82, 2.24) is 0 Å². The van der Waals surface area contributed by atoms with E-state index in [4.69, 9.17) is 15.6 Å². The smallest absolute Gasteiger partial charge is 0.104 e. The van der Waals surface area contributed by atoms with E-state index in [0.717, 1.165) is 6.07 Å². The molecule has 2 rings (SSSR count). The van der Waals surface area contributed by atoms with Crippen LogP contribution in [-0.4, -0.2) is 15.6 Å². The van der Waals surface area contributed by atoms with Crippen molar-refractivity contribution in [2.75, 3.05) is 10.5 Å². The molecule has 7 heteroatoms. The van der Waals surface area contributed by atoms with Crippen molar-refractivity contribution in [3.63, 3.8) is 0 Å². The van der Waals surface area contributed by atoms with E-state index in [9.17, 15) is 10.3 Å². The lowest BCUT2D eigenvalue weighted by Gasteiger charge is -2.23. The topological polar surface area (TPSA) is 113 Å². The van der Waals surface area contributed by atoms with Crippen molar-refractivity contribution in [3.8, 4) is 5.75 Å². The molecule has 0 bridgehead atoms. The first-order chi connectivity index (χ1) is 9.99. The highest BCUT2D eigenvalue weighted by atomic mass is 16.8. The van der Waals surface area contributed by atoms with Gasteiger partial charge in [-0.2, -0.15) is 0 Å². The minimum atomic E-state index is -0.395. The van der Waals surface area contributed by atoms with Crippen molar-refractivity contribution >= 4 is 23.5 Å². The molecule has 0 saturated heterocycles. The fourth-order valence-corrected chi connectivity index (χ4v) is 1.76. The second-order valence-electron chi connectivity index (χ2n) is 4.18. The van der Waals surface area contributed by atoms with Crippen LogP contribution < -0.4 is 15.6 Å². The number of hydrogen-bond acceptors (Lipinski definition) is 7. The maximum atomic E-state index is 11.6. The van der Waals surface area contributed by atoms with Gasteiger partial charge in [-0.05, 0) is 17.7 Å². The molecule has 3 N–H and O–H groups in total. The molecule has 0 spiro atoms. The van der Waals surface area contributed by atoms with Crippen LogP contribution in [0.15, 0.2) is 42.5 Å². The second-order valence-corrected chi connectivity index (χ2v) is 4.18. The first-order valence-electron chi connectivity index (χ1n) is 5.91. The summed E-state index contributed by atoms with van der Waals surface area (Å²) in [4.78, 5) is 0. The summed E-state index contributed by atoms with van der Waals surface area (Å²) in [5.74, 6) is -0.169. The Morgan fingerprint density at radius 3 is 2.19 bits per heavy atom. The fourth-order valence-electron chi connectivity index (χ4n) is 1.76. The van der Waals surface area contributed by atoms with Gasteiger partial charge in [0.1, 0.15) is 5.69 Å². The minimum Gasteiger partial charge on any atom is -0.872 e. The Morgan fingerprint density at radius 1 is 0.905 bits per heavy atom. The van der Waals surface area contributed by atoms with E-state index in [2.05, 4.69) is 0 Å². The zero-order chi connectivity index (χ0) is 15.4. The number of hydrogen-bond donors (Lipinski definition) is 3. The molecule has 2 aromatic rings. The molecule has 0 fully saturated rings. The van der Waals surface area contributed by atoms with Crippen LogP contribution in [-0.2, 0) is 0 Å². The highest BCUT2D eigenvalue weighted by Gasteiger charge is 2.07. The van der Waals surface area contributed by atoms with Gasteiger partial charge in [0.25, 0.3) is 0 Å². The molecule has 0 amide bonds. The van der Waals surface area contributed by atoms with E-state index in [1.54, 1.807) is 18.2 Å². The van der Waals surface area contributed by atoms with Crippen molar-refractivity contribution in [3.05, 3.63) is 58.8 Å². The van der Waals surface area contributed by atoms with Gasteiger partial charge in [0.15, 0.2) is 0 Å². The predicted octanol–water partition coefficient (Wildman–Crippen LogP) is 2.21. The van der Waals surface area contributed by atoms with E-state index in [1.807, 2.05) is 0 Å².